The maximum Gasteiger partial charge on any atom is 0.191 e. The van der Waals surface area contributed by atoms with Crippen LogP contribution in [0.5, 0.6) is 5.75 Å². The number of hydrogen-bond acceptors (Lipinski definition) is 4. The summed E-state index contributed by atoms with van der Waals surface area (Å²) in [7, 11) is 1.78. The van der Waals surface area contributed by atoms with Crippen molar-refractivity contribution in [1.82, 2.24) is 25.4 Å². The molecule has 0 amide bonds. The molecule has 0 bridgehead atoms. The lowest BCUT2D eigenvalue weighted by atomic mass is 10.2. The van der Waals surface area contributed by atoms with Crippen LogP contribution in [0.1, 0.15) is 36.5 Å². The minimum atomic E-state index is 0. The number of aryl methyl sites for hydroxylation is 1. The molecule has 0 aliphatic carbocycles. The minimum Gasteiger partial charge on any atom is -0.489 e. The highest BCUT2D eigenvalue weighted by atomic mass is 127. The Morgan fingerprint density at radius 1 is 1.24 bits per heavy atom. The summed E-state index contributed by atoms with van der Waals surface area (Å²) >= 11 is 0. The summed E-state index contributed by atoms with van der Waals surface area (Å²) in [6.07, 6.45) is 7.31. The highest BCUT2D eigenvalue weighted by Crippen LogP contribution is 2.17. The average molecular weight is 510 g/mol. The van der Waals surface area contributed by atoms with Crippen LogP contribution in [0.15, 0.2) is 41.9 Å². The van der Waals surface area contributed by atoms with Gasteiger partial charge in [0.2, 0.25) is 0 Å². The summed E-state index contributed by atoms with van der Waals surface area (Å²) in [6, 6.07) is 7.99. The Kier molecular flexibility index (Phi) is 9.96. The Bertz CT molecular complexity index is 804. The molecule has 0 saturated heterocycles. The smallest absolute Gasteiger partial charge is 0.191 e. The maximum atomic E-state index is 5.71. The van der Waals surface area contributed by atoms with Crippen molar-refractivity contribution in [3.63, 3.8) is 0 Å². The van der Waals surface area contributed by atoms with Gasteiger partial charge in [0.15, 0.2) is 5.96 Å². The minimum absolute atomic E-state index is 0. The van der Waals surface area contributed by atoms with Crippen molar-refractivity contribution in [2.75, 3.05) is 20.2 Å². The van der Waals surface area contributed by atoms with E-state index in [1.54, 1.807) is 13.1 Å². The van der Waals surface area contributed by atoms with Gasteiger partial charge >= 0.3 is 0 Å². The zero-order valence-electron chi connectivity index (χ0n) is 17.1. The molecule has 29 heavy (non-hydrogen) atoms. The van der Waals surface area contributed by atoms with Crippen LogP contribution < -0.4 is 15.4 Å². The molecule has 2 aromatic rings. The third-order valence-corrected chi connectivity index (χ3v) is 4.83. The molecular formula is C21H31IN6O. The molecule has 8 heteroatoms. The number of guanidine groups is 1. The second-order valence-electron chi connectivity index (χ2n) is 6.80. The van der Waals surface area contributed by atoms with Gasteiger partial charge in [-0.25, -0.2) is 0 Å². The normalized spacial score (nSPS) is 13.6. The fraction of sp³-hybridized carbons (Fsp3) is 0.476. The number of para-hydroxylation sites is 1. The van der Waals surface area contributed by atoms with Crippen LogP contribution in [0.3, 0.4) is 0 Å². The zero-order chi connectivity index (χ0) is 19.6. The Labute approximate surface area is 190 Å². The summed E-state index contributed by atoms with van der Waals surface area (Å²) in [5.74, 6) is 3.81. The van der Waals surface area contributed by atoms with E-state index >= 15 is 0 Å². The van der Waals surface area contributed by atoms with Crippen LogP contribution >= 0.6 is 24.0 Å². The highest BCUT2D eigenvalue weighted by molar-refractivity contribution is 14.0. The van der Waals surface area contributed by atoms with E-state index in [2.05, 4.69) is 37.0 Å². The van der Waals surface area contributed by atoms with Crippen LogP contribution in [-0.4, -0.2) is 40.9 Å². The number of aliphatic imine (C=N–C) groups is 1. The average Bonchev–Trinajstić information content (AvgIpc) is 2.95. The number of aromatic nitrogens is 3. The molecule has 0 unspecified atom stereocenters. The number of fused-ring (bicyclic) bond motifs is 1. The van der Waals surface area contributed by atoms with Crippen LogP contribution in [0.25, 0.3) is 0 Å². The maximum absolute atomic E-state index is 5.71. The van der Waals surface area contributed by atoms with Crippen LogP contribution in [-0.2, 0) is 25.9 Å². The Morgan fingerprint density at radius 3 is 2.93 bits per heavy atom. The van der Waals surface area contributed by atoms with Gasteiger partial charge < -0.3 is 19.9 Å². The molecule has 7 nitrogen and oxygen atoms in total. The van der Waals surface area contributed by atoms with Crippen molar-refractivity contribution in [1.29, 1.82) is 0 Å². The molecule has 158 valence electrons. The van der Waals surface area contributed by atoms with Gasteiger partial charge in [-0.05, 0) is 18.9 Å². The largest absolute Gasteiger partial charge is 0.489 e. The fourth-order valence-electron chi connectivity index (χ4n) is 3.36. The van der Waals surface area contributed by atoms with Crippen molar-refractivity contribution >= 4 is 29.9 Å². The first kappa shape index (κ1) is 23.2. The van der Waals surface area contributed by atoms with Gasteiger partial charge in [0.1, 0.15) is 24.0 Å². The lowest BCUT2D eigenvalue weighted by molar-refractivity contribution is 0.358. The summed E-state index contributed by atoms with van der Waals surface area (Å²) in [6.45, 7) is 6.61. The number of benzene rings is 1. The standard InChI is InChI=1S/C21H30N6O.HI/c1-3-15-28-18-10-7-6-9-17(18)16-24-21(22-2)23-13-12-20-26-25-19-11-5-4-8-14-27(19)20;/h3,6-7,9-10H,1,4-5,8,11-16H2,2H3,(H2,22,23,24);1H. The van der Waals surface area contributed by atoms with Gasteiger partial charge in [-0.1, -0.05) is 37.3 Å². The molecule has 1 aromatic heterocycles. The van der Waals surface area contributed by atoms with Crippen molar-refractivity contribution < 1.29 is 4.74 Å². The number of nitrogens with one attached hydrogen (secondary N) is 2. The number of hydrogen-bond donors (Lipinski definition) is 2. The number of halogens is 1. The number of ether oxygens (including phenoxy) is 1. The predicted octanol–water partition coefficient (Wildman–Crippen LogP) is 3.10. The van der Waals surface area contributed by atoms with E-state index in [1.807, 2.05) is 24.3 Å². The molecule has 1 aromatic carbocycles. The first-order chi connectivity index (χ1) is 13.8. The molecule has 0 saturated carbocycles. The molecule has 0 atom stereocenters. The van der Waals surface area contributed by atoms with E-state index in [0.29, 0.717) is 13.2 Å². The van der Waals surface area contributed by atoms with Crippen LogP contribution in [0.2, 0.25) is 0 Å². The lowest BCUT2D eigenvalue weighted by Gasteiger charge is -2.14. The fourth-order valence-corrected chi connectivity index (χ4v) is 3.36. The summed E-state index contributed by atoms with van der Waals surface area (Å²) in [4.78, 5) is 4.31. The molecule has 1 aliphatic rings. The van der Waals surface area contributed by atoms with E-state index in [9.17, 15) is 0 Å². The summed E-state index contributed by atoms with van der Waals surface area (Å²) in [5, 5.41) is 15.5. The quantitative estimate of drug-likeness (QED) is 0.247. The number of nitrogens with zero attached hydrogens (tertiary/aromatic N) is 4. The van der Waals surface area contributed by atoms with Crippen molar-refractivity contribution in [3.8, 4) is 5.75 Å². The van der Waals surface area contributed by atoms with Crippen molar-refractivity contribution in [2.24, 2.45) is 4.99 Å². The molecule has 3 rings (SSSR count). The van der Waals surface area contributed by atoms with E-state index in [0.717, 1.165) is 54.9 Å². The first-order valence-electron chi connectivity index (χ1n) is 9.99. The Morgan fingerprint density at radius 2 is 2.10 bits per heavy atom. The predicted molar refractivity (Wildman–Crippen MR) is 127 cm³/mol. The van der Waals surface area contributed by atoms with Gasteiger partial charge in [-0.3, -0.25) is 4.99 Å². The third-order valence-electron chi connectivity index (χ3n) is 4.83. The summed E-state index contributed by atoms with van der Waals surface area (Å²) < 4.78 is 8.00. The van der Waals surface area contributed by atoms with Gasteiger partial charge in [-0.2, -0.15) is 0 Å². The monoisotopic (exact) mass is 510 g/mol. The zero-order valence-corrected chi connectivity index (χ0v) is 19.4. The molecule has 1 aliphatic heterocycles. The molecule has 0 fully saturated rings. The Balaban J connectivity index is 0.00000300. The van der Waals surface area contributed by atoms with Crippen molar-refractivity contribution in [3.05, 3.63) is 54.1 Å². The topological polar surface area (TPSA) is 76.4 Å². The van der Waals surface area contributed by atoms with Crippen LogP contribution in [0.4, 0.5) is 0 Å². The molecular weight excluding hydrogens is 479 g/mol. The Hall–Kier alpha value is -2.10. The van der Waals surface area contributed by atoms with Gasteiger partial charge in [0.05, 0.1) is 0 Å². The highest BCUT2D eigenvalue weighted by Gasteiger charge is 2.14. The van der Waals surface area contributed by atoms with E-state index in [4.69, 9.17) is 4.74 Å². The van der Waals surface area contributed by atoms with E-state index < -0.39 is 0 Å². The molecule has 2 heterocycles. The second-order valence-corrected chi connectivity index (χ2v) is 6.80. The number of rotatable bonds is 8. The second kappa shape index (κ2) is 12.5. The SMILES string of the molecule is C=CCOc1ccccc1CNC(=NC)NCCc1nnc2n1CCCCC2.I. The van der Waals surface area contributed by atoms with Gasteiger partial charge in [0.25, 0.3) is 0 Å². The third kappa shape index (κ3) is 6.73. The first-order valence-corrected chi connectivity index (χ1v) is 9.99. The van der Waals surface area contributed by atoms with Crippen LogP contribution in [0, 0.1) is 0 Å². The van der Waals surface area contributed by atoms with Crippen molar-refractivity contribution in [2.45, 2.75) is 45.2 Å². The van der Waals surface area contributed by atoms with E-state index in [1.165, 1.54) is 19.3 Å². The summed E-state index contributed by atoms with van der Waals surface area (Å²) in [5.41, 5.74) is 1.08. The molecule has 0 radical (unpaired) electrons. The van der Waals surface area contributed by atoms with Gasteiger partial charge in [-0.15, -0.1) is 34.2 Å². The lowest BCUT2D eigenvalue weighted by Crippen LogP contribution is -2.38. The molecule has 0 spiro atoms. The van der Waals surface area contributed by atoms with Gasteiger partial charge in [0, 0.05) is 45.1 Å². The molecule has 2 N–H and O–H groups in total. The van der Waals surface area contributed by atoms with E-state index in [-0.39, 0.29) is 24.0 Å².